The van der Waals surface area contributed by atoms with Crippen LogP contribution >= 0.6 is 0 Å². The summed E-state index contributed by atoms with van der Waals surface area (Å²) in [5, 5.41) is 26.0. The molecule has 16 nitrogen and oxygen atoms in total. The second-order valence-electron chi connectivity index (χ2n) is 15.4. The van der Waals surface area contributed by atoms with Gasteiger partial charge in [-0.3, -0.25) is 9.20 Å². The number of likely N-dealkylation sites (N-methyl/N-ethyl adjacent to an activating group) is 1. The van der Waals surface area contributed by atoms with Gasteiger partial charge in [-0.2, -0.15) is 10.2 Å². The second kappa shape index (κ2) is 15.9. The zero-order valence-electron chi connectivity index (χ0n) is 32.3. The topological polar surface area (TPSA) is 157 Å². The third-order valence-corrected chi connectivity index (χ3v) is 10.1. The summed E-state index contributed by atoms with van der Waals surface area (Å²) in [5.74, 6) is 2.02. The first-order valence-electron chi connectivity index (χ1n) is 18.8. The Bertz CT molecular complexity index is 2130. The summed E-state index contributed by atoms with van der Waals surface area (Å²) in [6.45, 7) is 10.5. The highest BCUT2D eigenvalue weighted by Gasteiger charge is 2.34. The maximum absolute atomic E-state index is 14.2. The summed E-state index contributed by atoms with van der Waals surface area (Å²) in [6.07, 6.45) is 7.87. The van der Waals surface area contributed by atoms with Crippen molar-refractivity contribution in [3.63, 3.8) is 0 Å². The van der Waals surface area contributed by atoms with E-state index in [2.05, 4.69) is 37.5 Å². The molecule has 0 bridgehead atoms. The van der Waals surface area contributed by atoms with Crippen molar-refractivity contribution in [3.05, 3.63) is 77.7 Å². The number of ether oxygens (including phenoxy) is 2. The molecule has 1 saturated heterocycles. The summed E-state index contributed by atoms with van der Waals surface area (Å²) in [7, 11) is 3.90. The van der Waals surface area contributed by atoms with Crippen LogP contribution in [0.5, 0.6) is 11.6 Å². The number of hydrogen-bond acceptors (Lipinski definition) is 12. The molecule has 1 aliphatic heterocycles. The molecule has 4 aromatic heterocycles. The van der Waals surface area contributed by atoms with E-state index in [0.717, 1.165) is 47.2 Å². The molecule has 5 heterocycles. The molecule has 1 aromatic carbocycles. The molecule has 1 aliphatic carbocycles. The van der Waals surface area contributed by atoms with Crippen molar-refractivity contribution in [3.8, 4) is 17.3 Å². The predicted molar refractivity (Wildman–Crippen MR) is 205 cm³/mol. The summed E-state index contributed by atoms with van der Waals surface area (Å²) < 4.78 is 16.0. The Morgan fingerprint density at radius 1 is 1.02 bits per heavy atom. The molecule has 0 spiro atoms. The van der Waals surface area contributed by atoms with Gasteiger partial charge in [-0.25, -0.2) is 9.48 Å². The van der Waals surface area contributed by atoms with Gasteiger partial charge in [-0.1, -0.05) is 45.0 Å². The Morgan fingerprint density at radius 3 is 2.60 bits per heavy atom. The van der Waals surface area contributed by atoms with Crippen LogP contribution in [-0.2, 0) is 15.0 Å². The molecule has 55 heavy (non-hydrogen) atoms. The van der Waals surface area contributed by atoms with Gasteiger partial charge in [0.15, 0.2) is 11.5 Å². The Balaban J connectivity index is 1.13. The third kappa shape index (κ3) is 8.18. The van der Waals surface area contributed by atoms with E-state index in [-0.39, 0.29) is 18.4 Å². The molecular formula is C39H49N11O5. The van der Waals surface area contributed by atoms with Gasteiger partial charge < -0.3 is 29.4 Å². The largest absolute Gasteiger partial charge is 0.484 e. The van der Waals surface area contributed by atoms with Crippen molar-refractivity contribution >= 4 is 29.9 Å². The molecule has 290 valence electrons. The molecule has 1 fully saturated rings. The molecule has 7 rings (SSSR count). The van der Waals surface area contributed by atoms with E-state index >= 15 is 0 Å². The second-order valence-corrected chi connectivity index (χ2v) is 15.4. The smallest absolute Gasteiger partial charge is 0.357 e. The van der Waals surface area contributed by atoms with Gasteiger partial charge in [0.1, 0.15) is 18.5 Å². The van der Waals surface area contributed by atoms with Crippen molar-refractivity contribution in [1.29, 1.82) is 0 Å². The minimum absolute atomic E-state index is 0.203. The van der Waals surface area contributed by atoms with Crippen LogP contribution < -0.4 is 24.8 Å². The summed E-state index contributed by atoms with van der Waals surface area (Å²) in [4.78, 5) is 35.8. The lowest BCUT2D eigenvalue weighted by atomic mass is 9.85. The standard InChI is InChI=1S/C39H49N11O5/c1-26-11-9-10-18-47(26)37-44-42-34-17-14-28(24-48(34)37)55-32-16-15-31(29-12-7-8-13-30(29)32)41-38(52)50(54-25-51)36-22-33(39(2,3)4)45-49(36)27-21-35(43-40-23-27)53-20-19-46(5)6/h7-8,12-14,17,21-26,31-32H,9-11,15-16,18-20H2,1-6H3,(H,41,52)/t26-,31-,32+/m0/s1. The summed E-state index contributed by atoms with van der Waals surface area (Å²) in [5.41, 5.74) is 3.36. The fraction of sp³-hybridized carbons (Fsp3) is 0.462. The number of hydroxylamine groups is 1. The van der Waals surface area contributed by atoms with Gasteiger partial charge in [0, 0.05) is 36.7 Å². The predicted octanol–water partition coefficient (Wildman–Crippen LogP) is 5.58. The number of anilines is 2. The number of urea groups is 1. The summed E-state index contributed by atoms with van der Waals surface area (Å²) in [6, 6.07) is 14.5. The quantitative estimate of drug-likeness (QED) is 0.125. The number of carbonyl (C=O) groups excluding carboxylic acids is 2. The molecule has 5 aromatic rings. The minimum atomic E-state index is -0.644. The number of nitrogens with zero attached hydrogens (tertiary/aromatic N) is 10. The zero-order chi connectivity index (χ0) is 38.7. The Morgan fingerprint density at radius 2 is 1.84 bits per heavy atom. The first kappa shape index (κ1) is 37.5. The van der Waals surface area contributed by atoms with Crippen LogP contribution in [0.25, 0.3) is 11.3 Å². The normalized spacial score (nSPS) is 18.5. The van der Waals surface area contributed by atoms with Gasteiger partial charge >= 0.3 is 12.5 Å². The number of piperidine rings is 1. The molecule has 0 radical (unpaired) electrons. The highest BCUT2D eigenvalue weighted by Crippen LogP contribution is 2.39. The number of benzene rings is 1. The molecule has 0 unspecified atom stereocenters. The minimum Gasteiger partial charge on any atom is -0.484 e. The maximum atomic E-state index is 14.2. The van der Waals surface area contributed by atoms with Crippen LogP contribution in [0.15, 0.2) is 60.9 Å². The lowest BCUT2D eigenvalue weighted by Gasteiger charge is -2.34. The average molecular weight is 752 g/mol. The SMILES string of the molecule is C[C@H]1CCCCN1c1nnc2ccc(O[C@@H]3CC[C@H](NC(=O)N(OC=O)c4cc(C(C)(C)C)nn4-c4cnnc(OCCN(C)C)c4)c4ccccc43)cn12. The molecular weight excluding hydrogens is 703 g/mol. The lowest BCUT2D eigenvalue weighted by molar-refractivity contribution is -0.129. The van der Waals surface area contributed by atoms with Gasteiger partial charge in [-0.05, 0) is 76.4 Å². The van der Waals surface area contributed by atoms with E-state index in [9.17, 15) is 9.59 Å². The fourth-order valence-corrected chi connectivity index (χ4v) is 7.09. The van der Waals surface area contributed by atoms with Crippen LogP contribution in [0.1, 0.15) is 88.8 Å². The Hall–Kier alpha value is -5.77. The van der Waals surface area contributed by atoms with Crippen molar-refractivity contribution in [1.82, 2.24) is 44.8 Å². The average Bonchev–Trinajstić information content (AvgIpc) is 3.80. The van der Waals surface area contributed by atoms with Crippen LogP contribution in [0.3, 0.4) is 0 Å². The van der Waals surface area contributed by atoms with Crippen LogP contribution in [0, 0.1) is 0 Å². The highest BCUT2D eigenvalue weighted by molar-refractivity contribution is 5.90. The first-order valence-corrected chi connectivity index (χ1v) is 18.8. The number of carbonyl (C=O) groups is 2. The van der Waals surface area contributed by atoms with Gasteiger partial charge in [0.2, 0.25) is 11.8 Å². The molecule has 0 saturated carbocycles. The Labute approximate surface area is 320 Å². The van der Waals surface area contributed by atoms with E-state index in [4.69, 9.17) is 19.4 Å². The van der Waals surface area contributed by atoms with Crippen molar-refractivity contribution in [2.45, 2.75) is 83.4 Å². The third-order valence-electron chi connectivity index (χ3n) is 10.1. The maximum Gasteiger partial charge on any atom is 0.357 e. The summed E-state index contributed by atoms with van der Waals surface area (Å²) >= 11 is 0. The molecule has 2 amide bonds. The zero-order valence-corrected chi connectivity index (χ0v) is 32.3. The van der Waals surface area contributed by atoms with E-state index in [1.165, 1.54) is 17.3 Å². The van der Waals surface area contributed by atoms with Gasteiger partial charge in [0.05, 0.1) is 29.8 Å². The first-order chi connectivity index (χ1) is 26.5. The molecule has 2 aliphatic rings. The van der Waals surface area contributed by atoms with Crippen LogP contribution in [-0.4, -0.2) is 91.8 Å². The Kier molecular flexibility index (Phi) is 10.9. The molecule has 1 N–H and O–H groups in total. The number of hydrogen-bond donors (Lipinski definition) is 1. The number of pyridine rings is 1. The van der Waals surface area contributed by atoms with Gasteiger partial charge in [0.25, 0.3) is 0 Å². The van der Waals surface area contributed by atoms with Crippen molar-refractivity contribution in [2.75, 3.05) is 43.8 Å². The van der Waals surface area contributed by atoms with E-state index < -0.39 is 17.5 Å². The number of fused-ring (bicyclic) bond motifs is 2. The van der Waals surface area contributed by atoms with Crippen LogP contribution in [0.4, 0.5) is 16.6 Å². The van der Waals surface area contributed by atoms with Crippen LogP contribution in [0.2, 0.25) is 0 Å². The van der Waals surface area contributed by atoms with E-state index in [1.54, 1.807) is 12.1 Å². The fourth-order valence-electron chi connectivity index (χ4n) is 7.09. The van der Waals surface area contributed by atoms with Crippen molar-refractivity contribution in [2.24, 2.45) is 0 Å². The number of amides is 2. The monoisotopic (exact) mass is 751 g/mol. The lowest BCUT2D eigenvalue weighted by Crippen LogP contribution is -2.43. The highest BCUT2D eigenvalue weighted by atomic mass is 16.7. The van der Waals surface area contributed by atoms with E-state index in [0.29, 0.717) is 55.0 Å². The van der Waals surface area contributed by atoms with E-state index in [1.807, 2.05) is 86.8 Å². The molecule has 16 heteroatoms. The van der Waals surface area contributed by atoms with Gasteiger partial charge in [-0.15, -0.1) is 20.4 Å². The van der Waals surface area contributed by atoms with Crippen molar-refractivity contribution < 1.29 is 23.9 Å². The number of rotatable bonds is 12. The molecule has 3 atom stereocenters. The number of aromatic nitrogens is 7. The number of nitrogens with one attached hydrogen (secondary N) is 1.